The molecule has 3 N–H and O–H groups in total. The van der Waals surface area contributed by atoms with E-state index < -0.39 is 16.1 Å². The highest BCUT2D eigenvalue weighted by Crippen LogP contribution is 2.22. The summed E-state index contributed by atoms with van der Waals surface area (Å²) in [5, 5.41) is 2.69. The van der Waals surface area contributed by atoms with Crippen molar-refractivity contribution in [1.29, 1.82) is 0 Å². The Balaban J connectivity index is 3.08. The number of nitrogens with two attached hydrogens (primary N) is 1. The molecule has 0 saturated carbocycles. The van der Waals surface area contributed by atoms with Crippen LogP contribution in [-0.2, 0) is 14.8 Å². The molecular weight excluding hydrogens is 302 g/mol. The average Bonchev–Trinajstić information content (AvgIpc) is 2.47. The molecule has 0 aliphatic rings. The summed E-state index contributed by atoms with van der Waals surface area (Å²) in [5.74, 6) is -0.262. The molecular formula is C15H25N3O3S. The van der Waals surface area contributed by atoms with Crippen molar-refractivity contribution in [3.05, 3.63) is 23.8 Å². The normalized spacial score (nSPS) is 14.7. The van der Waals surface area contributed by atoms with Gasteiger partial charge >= 0.3 is 0 Å². The molecule has 7 heteroatoms. The zero-order valence-electron chi connectivity index (χ0n) is 13.8. The molecule has 0 aromatic heterocycles. The molecule has 0 radical (unpaired) electrons. The van der Waals surface area contributed by atoms with E-state index in [1.54, 1.807) is 19.1 Å². The van der Waals surface area contributed by atoms with E-state index in [2.05, 4.69) is 5.32 Å². The summed E-state index contributed by atoms with van der Waals surface area (Å²) >= 11 is 0. The second kappa shape index (κ2) is 7.21. The van der Waals surface area contributed by atoms with Gasteiger partial charge in [-0.25, -0.2) is 12.7 Å². The van der Waals surface area contributed by atoms with Crippen molar-refractivity contribution >= 4 is 21.6 Å². The van der Waals surface area contributed by atoms with E-state index in [0.717, 1.165) is 10.7 Å². The molecule has 0 saturated heterocycles. The first-order valence-electron chi connectivity index (χ1n) is 7.20. The maximum Gasteiger partial charge on any atom is 0.242 e. The first-order chi connectivity index (χ1) is 10.1. The highest BCUT2D eigenvalue weighted by Gasteiger charge is 2.22. The summed E-state index contributed by atoms with van der Waals surface area (Å²) in [6.45, 7) is 5.58. The van der Waals surface area contributed by atoms with Crippen molar-refractivity contribution < 1.29 is 13.2 Å². The topological polar surface area (TPSA) is 92.5 Å². The third-order valence-electron chi connectivity index (χ3n) is 3.77. The van der Waals surface area contributed by atoms with Crippen LogP contribution < -0.4 is 11.1 Å². The Hall–Kier alpha value is -1.44. The molecule has 0 spiro atoms. The zero-order valence-corrected chi connectivity index (χ0v) is 14.6. The van der Waals surface area contributed by atoms with Crippen LogP contribution >= 0.6 is 0 Å². The van der Waals surface area contributed by atoms with Gasteiger partial charge in [0, 0.05) is 19.8 Å². The summed E-state index contributed by atoms with van der Waals surface area (Å²) < 4.78 is 25.7. The molecule has 0 aliphatic heterocycles. The molecule has 2 atom stereocenters. The fourth-order valence-electron chi connectivity index (χ4n) is 1.89. The number of carbonyl (C=O) groups excluding carboxylic acids is 1. The van der Waals surface area contributed by atoms with Gasteiger partial charge in [-0.05, 0) is 30.5 Å². The second-order valence-corrected chi connectivity index (χ2v) is 7.79. The van der Waals surface area contributed by atoms with Crippen LogP contribution in [0.3, 0.4) is 0 Å². The third-order valence-corrected chi connectivity index (χ3v) is 5.73. The first kappa shape index (κ1) is 18.6. The van der Waals surface area contributed by atoms with Gasteiger partial charge in [0.15, 0.2) is 0 Å². The lowest BCUT2D eigenvalue weighted by molar-refractivity contribution is -0.118. The Labute approximate surface area is 132 Å². The van der Waals surface area contributed by atoms with Crippen LogP contribution in [0.15, 0.2) is 23.1 Å². The standard InChI is InChI=1S/C15H25N3O3S/c1-6-10(2)14(16)15(19)17-12-8-7-11(3)13(9-12)22(20,21)18(4)5/h7-10,14H,6,16H2,1-5H3,(H,17,19). The maximum absolute atomic E-state index is 12.3. The number of nitrogens with zero attached hydrogens (tertiary/aromatic N) is 1. The molecule has 22 heavy (non-hydrogen) atoms. The Morgan fingerprint density at radius 2 is 1.95 bits per heavy atom. The highest BCUT2D eigenvalue weighted by atomic mass is 32.2. The number of sulfonamides is 1. The monoisotopic (exact) mass is 327 g/mol. The Kier molecular flexibility index (Phi) is 6.10. The minimum atomic E-state index is -3.56. The van der Waals surface area contributed by atoms with Gasteiger partial charge in [0.1, 0.15) is 0 Å². The number of carbonyl (C=O) groups is 1. The fraction of sp³-hybridized carbons (Fsp3) is 0.533. The number of benzene rings is 1. The third kappa shape index (κ3) is 4.06. The van der Waals surface area contributed by atoms with Gasteiger partial charge < -0.3 is 11.1 Å². The van der Waals surface area contributed by atoms with Gasteiger partial charge in [0.2, 0.25) is 15.9 Å². The summed E-state index contributed by atoms with van der Waals surface area (Å²) in [6.07, 6.45) is 0.794. The number of hydrogen-bond acceptors (Lipinski definition) is 4. The van der Waals surface area contributed by atoms with Gasteiger partial charge in [0.05, 0.1) is 10.9 Å². The smallest absolute Gasteiger partial charge is 0.242 e. The van der Waals surface area contributed by atoms with Crippen LogP contribution in [0.1, 0.15) is 25.8 Å². The lowest BCUT2D eigenvalue weighted by Crippen LogP contribution is -2.40. The van der Waals surface area contributed by atoms with E-state index in [0.29, 0.717) is 11.3 Å². The predicted octanol–water partition coefficient (Wildman–Crippen LogP) is 1.56. The molecule has 0 bridgehead atoms. The van der Waals surface area contributed by atoms with Crippen molar-refractivity contribution in [2.75, 3.05) is 19.4 Å². The van der Waals surface area contributed by atoms with Crippen molar-refractivity contribution in [2.45, 2.75) is 38.1 Å². The van der Waals surface area contributed by atoms with Gasteiger partial charge in [0.25, 0.3) is 0 Å². The van der Waals surface area contributed by atoms with E-state index in [1.165, 1.54) is 20.2 Å². The largest absolute Gasteiger partial charge is 0.325 e. The van der Waals surface area contributed by atoms with Gasteiger partial charge in [-0.2, -0.15) is 0 Å². The van der Waals surface area contributed by atoms with Crippen molar-refractivity contribution in [2.24, 2.45) is 11.7 Å². The highest BCUT2D eigenvalue weighted by molar-refractivity contribution is 7.89. The van der Waals surface area contributed by atoms with Crippen LogP contribution in [0.25, 0.3) is 0 Å². The Morgan fingerprint density at radius 1 is 1.36 bits per heavy atom. The number of aryl methyl sites for hydroxylation is 1. The summed E-state index contributed by atoms with van der Waals surface area (Å²) in [6, 6.07) is 4.18. The van der Waals surface area contributed by atoms with Gasteiger partial charge in [-0.1, -0.05) is 26.3 Å². The fourth-order valence-corrected chi connectivity index (χ4v) is 3.03. The Bertz CT molecular complexity index is 641. The van der Waals surface area contributed by atoms with E-state index in [-0.39, 0.29) is 16.7 Å². The molecule has 0 heterocycles. The van der Waals surface area contributed by atoms with Crippen molar-refractivity contribution in [1.82, 2.24) is 4.31 Å². The molecule has 2 unspecified atom stereocenters. The van der Waals surface area contributed by atoms with Crippen LogP contribution in [0.5, 0.6) is 0 Å². The molecule has 1 aromatic rings. The molecule has 0 aliphatic carbocycles. The van der Waals surface area contributed by atoms with E-state index in [1.807, 2.05) is 13.8 Å². The van der Waals surface area contributed by atoms with Crippen LogP contribution in [0.2, 0.25) is 0 Å². The van der Waals surface area contributed by atoms with E-state index in [9.17, 15) is 13.2 Å². The number of hydrogen-bond donors (Lipinski definition) is 2. The van der Waals surface area contributed by atoms with E-state index >= 15 is 0 Å². The second-order valence-electron chi connectivity index (χ2n) is 5.67. The number of anilines is 1. The molecule has 1 rings (SSSR count). The zero-order chi connectivity index (χ0) is 17.1. The average molecular weight is 327 g/mol. The lowest BCUT2D eigenvalue weighted by atomic mass is 9.99. The van der Waals surface area contributed by atoms with Crippen molar-refractivity contribution in [3.63, 3.8) is 0 Å². The summed E-state index contributed by atoms with van der Waals surface area (Å²) in [7, 11) is -0.614. The molecule has 6 nitrogen and oxygen atoms in total. The minimum Gasteiger partial charge on any atom is -0.325 e. The number of amides is 1. The Morgan fingerprint density at radius 3 is 2.45 bits per heavy atom. The van der Waals surface area contributed by atoms with Crippen LogP contribution in [-0.4, -0.2) is 38.8 Å². The quantitative estimate of drug-likeness (QED) is 0.829. The van der Waals surface area contributed by atoms with Crippen LogP contribution in [0, 0.1) is 12.8 Å². The number of nitrogens with one attached hydrogen (secondary N) is 1. The maximum atomic E-state index is 12.3. The summed E-state index contributed by atoms with van der Waals surface area (Å²) in [4.78, 5) is 12.3. The summed E-state index contributed by atoms with van der Waals surface area (Å²) in [5.41, 5.74) is 6.93. The lowest BCUT2D eigenvalue weighted by Gasteiger charge is -2.19. The molecule has 124 valence electrons. The van der Waals surface area contributed by atoms with E-state index in [4.69, 9.17) is 5.73 Å². The van der Waals surface area contributed by atoms with Crippen molar-refractivity contribution in [3.8, 4) is 0 Å². The minimum absolute atomic E-state index is 0.0513. The van der Waals surface area contributed by atoms with Gasteiger partial charge in [-0.15, -0.1) is 0 Å². The first-order valence-corrected chi connectivity index (χ1v) is 8.64. The SMILES string of the molecule is CCC(C)C(N)C(=O)Nc1ccc(C)c(S(=O)(=O)N(C)C)c1. The van der Waals surface area contributed by atoms with Crippen LogP contribution in [0.4, 0.5) is 5.69 Å². The molecule has 1 amide bonds. The molecule has 1 aromatic carbocycles. The number of rotatable bonds is 6. The molecule has 0 fully saturated rings. The predicted molar refractivity (Wildman–Crippen MR) is 88.1 cm³/mol. The van der Waals surface area contributed by atoms with Gasteiger partial charge in [-0.3, -0.25) is 4.79 Å².